The molecule has 0 aliphatic carbocycles. The lowest BCUT2D eigenvalue weighted by molar-refractivity contribution is 0.385. The highest BCUT2D eigenvalue weighted by atomic mass is 35.5. The highest BCUT2D eigenvalue weighted by molar-refractivity contribution is 7.98. The van der Waals surface area contributed by atoms with Crippen LogP contribution in [-0.2, 0) is 12.2 Å². The molecule has 0 saturated carbocycles. The molecule has 0 radical (unpaired) electrons. The predicted octanol–water partition coefficient (Wildman–Crippen LogP) is 4.82. The minimum atomic E-state index is -0.383. The average molecular weight is 400 g/mol. The van der Waals surface area contributed by atoms with Gasteiger partial charge in [-0.05, 0) is 24.1 Å². The number of thioether (sulfide) groups is 1. The van der Waals surface area contributed by atoms with Crippen LogP contribution in [0.4, 0.5) is 4.39 Å². The summed E-state index contributed by atoms with van der Waals surface area (Å²) in [6, 6.07) is 14.0. The first-order chi connectivity index (χ1) is 11.6. The first kappa shape index (κ1) is 19.7. The fourth-order valence-electron chi connectivity index (χ4n) is 2.19. The van der Waals surface area contributed by atoms with E-state index in [0.29, 0.717) is 33.9 Å². The van der Waals surface area contributed by atoms with Crippen LogP contribution >= 0.6 is 35.8 Å². The number of nitrogens with two attached hydrogens (primary N) is 1. The Morgan fingerprint density at radius 2 is 1.88 bits per heavy atom. The Morgan fingerprint density at radius 1 is 1.12 bits per heavy atom. The maximum atomic E-state index is 13.7. The molecule has 0 aliphatic heterocycles. The Balaban J connectivity index is 0.00000225. The summed E-state index contributed by atoms with van der Waals surface area (Å²) in [5.74, 6) is 0.317. The lowest BCUT2D eigenvalue weighted by Crippen LogP contribution is -2.13. The number of hydrogen-bond acceptors (Lipinski definition) is 5. The molecule has 0 amide bonds. The van der Waals surface area contributed by atoms with Crippen LogP contribution in [0.2, 0.25) is 5.02 Å². The molecule has 0 fully saturated rings. The van der Waals surface area contributed by atoms with Crippen molar-refractivity contribution in [1.82, 2.24) is 10.2 Å². The molecule has 2 aromatic carbocycles. The van der Waals surface area contributed by atoms with E-state index in [-0.39, 0.29) is 24.3 Å². The molecule has 0 spiro atoms. The number of halogens is 3. The van der Waals surface area contributed by atoms with Crippen LogP contribution in [0.1, 0.15) is 23.1 Å². The Hall–Kier alpha value is -1.60. The van der Waals surface area contributed by atoms with Gasteiger partial charge >= 0.3 is 0 Å². The van der Waals surface area contributed by atoms with Gasteiger partial charge in [-0.15, -0.1) is 22.6 Å². The topological polar surface area (TPSA) is 64.9 Å². The minimum Gasteiger partial charge on any atom is -0.414 e. The molecular formula is C17H16Cl2FN3OS. The maximum absolute atomic E-state index is 13.7. The molecule has 2 N–H and O–H groups in total. The molecule has 0 saturated heterocycles. The van der Waals surface area contributed by atoms with Crippen molar-refractivity contribution in [3.63, 3.8) is 0 Å². The summed E-state index contributed by atoms with van der Waals surface area (Å²) in [5, 5.41) is 8.65. The van der Waals surface area contributed by atoms with Gasteiger partial charge in [0.2, 0.25) is 5.89 Å². The lowest BCUT2D eigenvalue weighted by atomic mass is 10.1. The number of benzene rings is 2. The van der Waals surface area contributed by atoms with Crippen molar-refractivity contribution >= 4 is 35.8 Å². The van der Waals surface area contributed by atoms with Gasteiger partial charge in [0, 0.05) is 16.3 Å². The average Bonchev–Trinajstić information content (AvgIpc) is 3.04. The molecular weight excluding hydrogens is 384 g/mol. The molecule has 0 unspecified atom stereocenters. The highest BCUT2D eigenvalue weighted by Crippen LogP contribution is 2.28. The van der Waals surface area contributed by atoms with Crippen molar-refractivity contribution in [2.45, 2.75) is 23.4 Å². The molecule has 4 nitrogen and oxygen atoms in total. The highest BCUT2D eigenvalue weighted by Gasteiger charge is 2.16. The van der Waals surface area contributed by atoms with Crippen LogP contribution in [-0.4, -0.2) is 10.2 Å². The Labute approximate surface area is 160 Å². The molecule has 1 aromatic heterocycles. The van der Waals surface area contributed by atoms with Gasteiger partial charge in [0.25, 0.3) is 5.22 Å². The molecule has 0 bridgehead atoms. The quantitative estimate of drug-likeness (QED) is 0.601. The summed E-state index contributed by atoms with van der Waals surface area (Å²) in [6.45, 7) is 0. The zero-order chi connectivity index (χ0) is 16.9. The van der Waals surface area contributed by atoms with E-state index in [4.69, 9.17) is 21.8 Å². The second-order valence-electron chi connectivity index (χ2n) is 5.19. The number of hydrogen-bond donors (Lipinski definition) is 1. The second kappa shape index (κ2) is 9.20. The maximum Gasteiger partial charge on any atom is 0.276 e. The van der Waals surface area contributed by atoms with Crippen LogP contribution < -0.4 is 5.73 Å². The fourth-order valence-corrected chi connectivity index (χ4v) is 3.30. The van der Waals surface area contributed by atoms with E-state index < -0.39 is 0 Å². The molecule has 8 heteroatoms. The lowest BCUT2D eigenvalue weighted by Gasteiger charge is -2.06. The molecule has 3 aromatic rings. The van der Waals surface area contributed by atoms with E-state index in [0.717, 1.165) is 5.56 Å². The smallest absolute Gasteiger partial charge is 0.276 e. The number of nitrogens with zero attached hydrogens (tertiary/aromatic N) is 2. The summed E-state index contributed by atoms with van der Waals surface area (Å²) in [7, 11) is 0. The van der Waals surface area contributed by atoms with Gasteiger partial charge in [0.15, 0.2) is 0 Å². The van der Waals surface area contributed by atoms with E-state index in [1.54, 1.807) is 12.1 Å². The third kappa shape index (κ3) is 5.19. The van der Waals surface area contributed by atoms with Gasteiger partial charge in [-0.1, -0.05) is 59.8 Å². The van der Waals surface area contributed by atoms with Crippen LogP contribution in [0.3, 0.4) is 0 Å². The molecule has 1 atom stereocenters. The zero-order valence-corrected chi connectivity index (χ0v) is 15.5. The van der Waals surface area contributed by atoms with E-state index in [1.165, 1.54) is 17.8 Å². The Kier molecular flexibility index (Phi) is 7.25. The summed E-state index contributed by atoms with van der Waals surface area (Å²) >= 11 is 7.23. The van der Waals surface area contributed by atoms with E-state index in [9.17, 15) is 4.39 Å². The Bertz CT molecular complexity index is 796. The van der Waals surface area contributed by atoms with Crippen LogP contribution in [0.25, 0.3) is 0 Å². The van der Waals surface area contributed by atoms with Crippen molar-refractivity contribution in [2.24, 2.45) is 5.73 Å². The summed E-state index contributed by atoms with van der Waals surface area (Å²) in [5.41, 5.74) is 7.62. The summed E-state index contributed by atoms with van der Waals surface area (Å²) in [6.07, 6.45) is 0.603. The van der Waals surface area contributed by atoms with Crippen LogP contribution in [0.5, 0.6) is 0 Å². The predicted molar refractivity (Wildman–Crippen MR) is 99.6 cm³/mol. The molecule has 3 rings (SSSR count). The van der Waals surface area contributed by atoms with Crippen molar-refractivity contribution in [3.05, 3.63) is 76.4 Å². The number of aromatic nitrogens is 2. The minimum absolute atomic E-state index is 0. The van der Waals surface area contributed by atoms with Crippen LogP contribution in [0.15, 0.2) is 58.2 Å². The fraction of sp³-hybridized carbons (Fsp3) is 0.176. The normalized spacial score (nSPS) is 11.8. The van der Waals surface area contributed by atoms with Crippen molar-refractivity contribution in [3.8, 4) is 0 Å². The first-order valence-corrected chi connectivity index (χ1v) is 8.68. The summed E-state index contributed by atoms with van der Waals surface area (Å²) in [4.78, 5) is 0. The van der Waals surface area contributed by atoms with Crippen molar-refractivity contribution in [1.29, 1.82) is 0 Å². The van der Waals surface area contributed by atoms with Gasteiger partial charge in [0.1, 0.15) is 5.82 Å². The molecule has 25 heavy (non-hydrogen) atoms. The SMILES string of the molecule is Cl.N[C@@H](Cc1ccccc1)c1nnc(SCc2c(F)cccc2Cl)o1. The van der Waals surface area contributed by atoms with Gasteiger partial charge in [-0.25, -0.2) is 4.39 Å². The van der Waals surface area contributed by atoms with E-state index in [1.807, 2.05) is 30.3 Å². The number of rotatable bonds is 6. The first-order valence-electron chi connectivity index (χ1n) is 7.32. The van der Waals surface area contributed by atoms with Crippen LogP contribution in [0, 0.1) is 5.82 Å². The zero-order valence-electron chi connectivity index (χ0n) is 13.1. The third-order valence-electron chi connectivity index (χ3n) is 3.44. The molecule has 0 aliphatic rings. The van der Waals surface area contributed by atoms with Gasteiger partial charge < -0.3 is 10.2 Å². The largest absolute Gasteiger partial charge is 0.414 e. The second-order valence-corrected chi connectivity index (χ2v) is 6.53. The molecule has 1 heterocycles. The summed E-state index contributed by atoms with van der Waals surface area (Å²) < 4.78 is 19.3. The van der Waals surface area contributed by atoms with Crippen molar-refractivity contribution in [2.75, 3.05) is 0 Å². The van der Waals surface area contributed by atoms with Gasteiger partial charge in [-0.3, -0.25) is 0 Å². The van der Waals surface area contributed by atoms with Crippen molar-refractivity contribution < 1.29 is 8.81 Å². The standard InChI is InChI=1S/C17H15ClFN3OS.ClH/c18-13-7-4-8-14(19)12(13)10-24-17-22-21-16(23-17)15(20)9-11-5-2-1-3-6-11;/h1-8,15H,9-10,20H2;1H/t15-;/m0./s1. The third-order valence-corrected chi connectivity index (χ3v) is 4.64. The van der Waals surface area contributed by atoms with E-state index in [2.05, 4.69) is 10.2 Å². The molecule has 132 valence electrons. The van der Waals surface area contributed by atoms with Gasteiger partial charge in [0.05, 0.1) is 6.04 Å². The van der Waals surface area contributed by atoms with E-state index >= 15 is 0 Å². The van der Waals surface area contributed by atoms with Gasteiger partial charge in [-0.2, -0.15) is 0 Å². The Morgan fingerprint density at radius 3 is 2.60 bits per heavy atom. The monoisotopic (exact) mass is 399 g/mol.